The second kappa shape index (κ2) is 13.1. The van der Waals surface area contributed by atoms with Gasteiger partial charge in [0, 0.05) is 10.6 Å². The van der Waals surface area contributed by atoms with Crippen LogP contribution in [-0.4, -0.2) is 134 Å². The molecule has 0 aliphatic carbocycles. The quantitative estimate of drug-likeness (QED) is 0.272. The van der Waals surface area contributed by atoms with Gasteiger partial charge in [-0.1, -0.05) is 66.7 Å². The zero-order chi connectivity index (χ0) is 19.7. The van der Waals surface area contributed by atoms with Crippen molar-refractivity contribution >= 4 is 147 Å². The average molecular weight is 521 g/mol. The van der Waals surface area contributed by atoms with E-state index in [2.05, 4.69) is 0 Å². The topological polar surface area (TPSA) is 140 Å². The van der Waals surface area contributed by atoms with Crippen LogP contribution in [0.2, 0.25) is 0 Å². The zero-order valence-corrected chi connectivity index (χ0v) is 16.8. The standard InChI is InChI=1S/C18H15O6PS2.2K.H2O.2H/c19-26(20,21)17-12-6-4-10-15(17)25(14-8-2-1-3-9-14)16-11-5-7-13-18(16)27(22,23)24;;;;;/h1-13H,(H,19,20,21)(H,22,23,24);;;1H2;;. The summed E-state index contributed by atoms with van der Waals surface area (Å²) >= 11 is 0. The van der Waals surface area contributed by atoms with Gasteiger partial charge in [0.2, 0.25) is 0 Å². The maximum atomic E-state index is 11.9. The molecule has 3 aromatic carbocycles. The van der Waals surface area contributed by atoms with Crippen molar-refractivity contribution in [1.29, 1.82) is 0 Å². The van der Waals surface area contributed by atoms with Crippen molar-refractivity contribution in [2.75, 3.05) is 0 Å². The molecular formula is C18H19K2O7PS2. The summed E-state index contributed by atoms with van der Waals surface area (Å²) in [4.78, 5) is -0.602. The van der Waals surface area contributed by atoms with Crippen molar-refractivity contribution in [2.24, 2.45) is 0 Å². The van der Waals surface area contributed by atoms with Crippen LogP contribution in [0.1, 0.15) is 0 Å². The van der Waals surface area contributed by atoms with E-state index in [0.29, 0.717) is 5.30 Å². The van der Waals surface area contributed by atoms with Crippen molar-refractivity contribution in [3.63, 3.8) is 0 Å². The summed E-state index contributed by atoms with van der Waals surface area (Å²) in [5.41, 5.74) is 0. The van der Waals surface area contributed by atoms with Gasteiger partial charge in [0.05, 0.1) is 0 Å². The van der Waals surface area contributed by atoms with E-state index in [0.717, 1.165) is 0 Å². The Morgan fingerprint density at radius 3 is 1.27 bits per heavy atom. The minimum atomic E-state index is -4.54. The number of rotatable bonds is 5. The maximum absolute atomic E-state index is 11.9. The Kier molecular flexibility index (Phi) is 13.6. The summed E-state index contributed by atoms with van der Waals surface area (Å²) in [6.07, 6.45) is 0. The molecule has 0 unspecified atom stereocenters. The first kappa shape index (κ1) is 31.1. The molecule has 7 nitrogen and oxygen atoms in total. The third-order valence-electron chi connectivity index (χ3n) is 3.78. The number of benzene rings is 3. The molecule has 0 aromatic heterocycles. The molecule has 0 heterocycles. The first-order valence-corrected chi connectivity index (χ1v) is 11.9. The van der Waals surface area contributed by atoms with Crippen LogP contribution in [0.3, 0.4) is 0 Å². The van der Waals surface area contributed by atoms with Gasteiger partial charge < -0.3 is 5.48 Å². The summed E-state index contributed by atoms with van der Waals surface area (Å²) in [5.74, 6) is 0. The van der Waals surface area contributed by atoms with Crippen LogP contribution in [0, 0.1) is 0 Å². The van der Waals surface area contributed by atoms with Gasteiger partial charge in [0.1, 0.15) is 9.79 Å². The van der Waals surface area contributed by atoms with E-state index in [1.54, 1.807) is 42.5 Å². The van der Waals surface area contributed by atoms with Gasteiger partial charge in [-0.3, -0.25) is 9.11 Å². The van der Waals surface area contributed by atoms with Gasteiger partial charge in [-0.15, -0.1) is 0 Å². The van der Waals surface area contributed by atoms with Crippen molar-refractivity contribution in [3.05, 3.63) is 78.9 Å². The van der Waals surface area contributed by atoms with E-state index in [4.69, 9.17) is 0 Å². The van der Waals surface area contributed by atoms with Gasteiger partial charge in [-0.05, 0) is 25.4 Å². The second-order valence-corrected chi connectivity index (χ2v) is 10.5. The molecule has 0 saturated heterocycles. The van der Waals surface area contributed by atoms with E-state index < -0.39 is 28.2 Å². The fourth-order valence-corrected chi connectivity index (χ4v) is 7.46. The Labute approximate surface area is 262 Å². The van der Waals surface area contributed by atoms with E-state index in [9.17, 15) is 25.9 Å². The first-order valence-electron chi connectivity index (χ1n) is 7.68. The summed E-state index contributed by atoms with van der Waals surface area (Å²) in [7, 11) is -10.8. The molecule has 0 spiro atoms. The van der Waals surface area contributed by atoms with Crippen molar-refractivity contribution < 1.29 is 31.4 Å². The van der Waals surface area contributed by atoms with Gasteiger partial charge in [0.15, 0.2) is 0 Å². The molecule has 3 rings (SSSR count). The minimum absolute atomic E-state index is 0. The molecule has 0 aliphatic rings. The molecule has 12 heteroatoms. The van der Waals surface area contributed by atoms with Crippen LogP contribution in [0.5, 0.6) is 0 Å². The molecule has 0 fully saturated rings. The van der Waals surface area contributed by atoms with Gasteiger partial charge in [-0.2, -0.15) is 16.8 Å². The van der Waals surface area contributed by atoms with Crippen LogP contribution < -0.4 is 15.9 Å². The summed E-state index contributed by atoms with van der Waals surface area (Å²) in [6.45, 7) is 0. The van der Waals surface area contributed by atoms with Crippen LogP contribution in [-0.2, 0) is 20.2 Å². The molecule has 4 N–H and O–H groups in total. The summed E-state index contributed by atoms with van der Waals surface area (Å²) < 4.78 is 66.9. The molecule has 0 radical (unpaired) electrons. The van der Waals surface area contributed by atoms with Crippen molar-refractivity contribution in [1.82, 2.24) is 0 Å². The van der Waals surface area contributed by atoms with Gasteiger partial charge >= 0.3 is 103 Å². The van der Waals surface area contributed by atoms with E-state index in [-0.39, 0.29) is 129 Å². The van der Waals surface area contributed by atoms with Crippen LogP contribution in [0.15, 0.2) is 88.7 Å². The van der Waals surface area contributed by atoms with Gasteiger partial charge in [-0.25, -0.2) is 0 Å². The molecular weight excluding hydrogens is 501 g/mol. The van der Waals surface area contributed by atoms with Gasteiger partial charge in [0.25, 0.3) is 20.2 Å². The number of hydrogen-bond donors (Lipinski definition) is 2. The molecule has 0 aliphatic heterocycles. The fraction of sp³-hybridized carbons (Fsp3) is 0. The zero-order valence-electron chi connectivity index (χ0n) is 14.3. The predicted molar refractivity (Wildman–Crippen MR) is 123 cm³/mol. The molecule has 0 amide bonds. The third-order valence-corrected chi connectivity index (χ3v) is 8.47. The molecule has 0 saturated carbocycles. The molecule has 0 bridgehead atoms. The number of hydrogen-bond acceptors (Lipinski definition) is 4. The van der Waals surface area contributed by atoms with E-state index in [1.807, 2.05) is 0 Å². The second-order valence-electron chi connectivity index (χ2n) is 5.56. The Hall–Kier alpha value is 1.14. The van der Waals surface area contributed by atoms with E-state index >= 15 is 0 Å². The fourth-order valence-electron chi connectivity index (χ4n) is 2.71. The monoisotopic (exact) mass is 520 g/mol. The molecule has 30 heavy (non-hydrogen) atoms. The Morgan fingerprint density at radius 2 is 0.900 bits per heavy atom. The third kappa shape index (κ3) is 7.59. The SMILES string of the molecule is O.O=S(=O)(O)c1ccccc1P(c1ccccc1)c1ccccc1S(=O)(=O)O.[KH].[KH]. The molecule has 0 atom stereocenters. The van der Waals surface area contributed by atoms with Crippen molar-refractivity contribution in [3.8, 4) is 0 Å². The van der Waals surface area contributed by atoms with Crippen LogP contribution >= 0.6 is 7.92 Å². The van der Waals surface area contributed by atoms with Crippen molar-refractivity contribution in [2.45, 2.75) is 9.79 Å². The summed E-state index contributed by atoms with van der Waals surface area (Å²) in [5, 5.41) is 1.19. The molecule has 3 aromatic rings. The summed E-state index contributed by atoms with van der Waals surface area (Å²) in [6, 6.07) is 20.5. The Morgan fingerprint density at radius 1 is 0.567 bits per heavy atom. The van der Waals surface area contributed by atoms with Crippen LogP contribution in [0.4, 0.5) is 0 Å². The Bertz CT molecular complexity index is 1110. The Balaban J connectivity index is 0.00000280. The average Bonchev–Trinajstić information content (AvgIpc) is 2.62. The normalized spacial score (nSPS) is 11.0. The predicted octanol–water partition coefficient (Wildman–Crippen LogP) is -0.183. The first-order chi connectivity index (χ1) is 12.7. The van der Waals surface area contributed by atoms with Crippen LogP contribution in [0.25, 0.3) is 0 Å². The van der Waals surface area contributed by atoms with E-state index in [1.165, 1.54) is 36.4 Å². The molecule has 152 valence electrons.